The number of nitrogens with one attached hydrogen (secondary N) is 1. The van der Waals surface area contributed by atoms with Crippen LogP contribution in [0.15, 0.2) is 48.0 Å². The van der Waals surface area contributed by atoms with E-state index in [1.807, 2.05) is 0 Å². The Kier molecular flexibility index (Phi) is 4.75. The summed E-state index contributed by atoms with van der Waals surface area (Å²) in [6.07, 6.45) is 2.03. The molecule has 1 N–H and O–H groups in total. The van der Waals surface area contributed by atoms with Crippen molar-refractivity contribution in [3.05, 3.63) is 80.8 Å². The fourth-order valence-corrected chi connectivity index (χ4v) is 4.49. The van der Waals surface area contributed by atoms with Crippen molar-refractivity contribution in [3.8, 4) is 0 Å². The molecule has 6 nitrogen and oxygen atoms in total. The molecule has 10 heteroatoms. The lowest BCUT2D eigenvalue weighted by Crippen LogP contribution is -2.41. The molecule has 166 valence electrons. The number of likely N-dealkylation sites (tertiary alicyclic amines) is 1. The van der Waals surface area contributed by atoms with Gasteiger partial charge in [0.15, 0.2) is 5.82 Å². The third kappa shape index (κ3) is 3.63. The van der Waals surface area contributed by atoms with Crippen molar-refractivity contribution in [3.63, 3.8) is 0 Å². The number of aryl methyl sites for hydroxylation is 1. The van der Waals surface area contributed by atoms with Gasteiger partial charge in [0.05, 0.1) is 27.3 Å². The molecule has 4 rings (SSSR count). The lowest BCUT2D eigenvalue weighted by Gasteiger charge is -2.33. The van der Waals surface area contributed by atoms with Gasteiger partial charge in [0.2, 0.25) is 5.91 Å². The highest BCUT2D eigenvalue weighted by Crippen LogP contribution is 2.43. The van der Waals surface area contributed by atoms with E-state index in [1.165, 1.54) is 17.0 Å². The molecule has 0 bridgehead atoms. The molecule has 1 aliphatic rings. The maximum absolute atomic E-state index is 15.1. The fraction of sp³-hybridized carbons (Fsp3) is 0.227. The van der Waals surface area contributed by atoms with Crippen LogP contribution in [-0.2, 0) is 17.3 Å². The van der Waals surface area contributed by atoms with E-state index in [0.29, 0.717) is 4.57 Å². The Balaban J connectivity index is 1.90. The minimum atomic E-state index is -2.83. The van der Waals surface area contributed by atoms with Crippen LogP contribution in [0.3, 0.4) is 0 Å². The summed E-state index contributed by atoms with van der Waals surface area (Å²) in [7, 11) is 0. The van der Waals surface area contributed by atoms with Gasteiger partial charge < -0.3 is 14.8 Å². The first-order valence-corrected chi connectivity index (χ1v) is 10.2. The molecule has 1 aromatic heterocycles. The number of hydrogen-bond acceptors (Lipinski definition) is 4. The summed E-state index contributed by atoms with van der Waals surface area (Å²) in [5.41, 5.74) is -2.65. The minimum Gasteiger partial charge on any atom is -0.373 e. The monoisotopic (exact) mass is 481 g/mol. The highest BCUT2D eigenvalue weighted by molar-refractivity contribution is 6.42. The number of nitrogens with zero attached hydrogens (tertiary/aromatic N) is 3. The first-order valence-electron chi connectivity index (χ1n) is 10.9. The van der Waals surface area contributed by atoms with Gasteiger partial charge in [0.1, 0.15) is 11.3 Å². The molecule has 0 radical (unpaired) electrons. The van der Waals surface area contributed by atoms with Gasteiger partial charge in [0.25, 0.3) is 5.56 Å². The zero-order valence-electron chi connectivity index (χ0n) is 19.5. The van der Waals surface area contributed by atoms with Gasteiger partial charge in [-0.3, -0.25) is 9.59 Å². The van der Waals surface area contributed by atoms with Crippen LogP contribution in [0.25, 0.3) is 10.9 Å². The second-order valence-corrected chi connectivity index (χ2v) is 8.20. The van der Waals surface area contributed by atoms with E-state index in [0.717, 1.165) is 24.5 Å². The smallest absolute Gasteiger partial charge is 0.261 e. The van der Waals surface area contributed by atoms with E-state index in [4.69, 9.17) is 27.3 Å². The number of fused-ring (bicyclic) bond motifs is 1. The number of benzene rings is 2. The summed E-state index contributed by atoms with van der Waals surface area (Å²) in [6.45, 7) is 0.774. The standard InChI is InChI=1S/C22H18Cl2F2N4O2/c1-3-17(31)30-7-6-22(10-30,18-15(25)5-4-14(23)19(18)24)28-12-8-13-20(16(26)9-12)27-11-29(2)21(13)32/h3-5,8-9,11,28H,1,6-7,10H2,2H3/t22-/m0/s1/i2D3. The molecule has 1 atom stereocenters. The Hall–Kier alpha value is -2.97. The first-order chi connectivity index (χ1) is 16.4. The van der Waals surface area contributed by atoms with Crippen molar-refractivity contribution < 1.29 is 17.7 Å². The molecular weight excluding hydrogens is 461 g/mol. The highest BCUT2D eigenvalue weighted by Gasteiger charge is 2.44. The van der Waals surface area contributed by atoms with Crippen molar-refractivity contribution in [1.82, 2.24) is 14.5 Å². The van der Waals surface area contributed by atoms with Gasteiger partial charge in [-0.2, -0.15) is 0 Å². The molecule has 32 heavy (non-hydrogen) atoms. The first kappa shape index (κ1) is 18.6. The topological polar surface area (TPSA) is 67.2 Å². The molecule has 1 fully saturated rings. The van der Waals surface area contributed by atoms with E-state index in [1.54, 1.807) is 0 Å². The minimum absolute atomic E-state index is 0.0283. The summed E-state index contributed by atoms with van der Waals surface area (Å²) < 4.78 is 53.0. The van der Waals surface area contributed by atoms with Crippen molar-refractivity contribution in [2.24, 2.45) is 6.98 Å². The van der Waals surface area contributed by atoms with Crippen LogP contribution in [0.4, 0.5) is 14.5 Å². The molecule has 1 saturated heterocycles. The summed E-state index contributed by atoms with van der Waals surface area (Å²) in [4.78, 5) is 30.3. The van der Waals surface area contributed by atoms with E-state index in [2.05, 4.69) is 16.9 Å². The predicted molar refractivity (Wildman–Crippen MR) is 120 cm³/mol. The Bertz CT molecular complexity index is 1430. The number of amides is 1. The summed E-state index contributed by atoms with van der Waals surface area (Å²) in [5.74, 6) is -2.00. The van der Waals surface area contributed by atoms with Crippen LogP contribution in [0.2, 0.25) is 10.0 Å². The Morgan fingerprint density at radius 2 is 2.12 bits per heavy atom. The van der Waals surface area contributed by atoms with Crippen molar-refractivity contribution in [2.75, 3.05) is 18.4 Å². The molecule has 2 aromatic carbocycles. The maximum Gasteiger partial charge on any atom is 0.261 e. The summed E-state index contributed by atoms with van der Waals surface area (Å²) in [6, 6.07) is 4.69. The van der Waals surface area contributed by atoms with Gasteiger partial charge in [-0.05, 0) is 36.8 Å². The normalized spacial score (nSPS) is 20.0. The maximum atomic E-state index is 15.1. The Morgan fingerprint density at radius 3 is 2.84 bits per heavy atom. The predicted octanol–water partition coefficient (Wildman–Crippen LogP) is 4.24. The summed E-state index contributed by atoms with van der Waals surface area (Å²) in [5, 5.41) is 2.74. The summed E-state index contributed by atoms with van der Waals surface area (Å²) >= 11 is 12.5. The van der Waals surface area contributed by atoms with Crippen LogP contribution in [0.1, 0.15) is 16.1 Å². The molecule has 3 aromatic rings. The van der Waals surface area contributed by atoms with Crippen LogP contribution in [0, 0.1) is 11.6 Å². The van der Waals surface area contributed by atoms with Gasteiger partial charge >= 0.3 is 0 Å². The quantitative estimate of drug-likeness (QED) is 0.446. The molecule has 0 aliphatic carbocycles. The van der Waals surface area contributed by atoms with E-state index >= 15 is 4.39 Å². The van der Waals surface area contributed by atoms with Gasteiger partial charge in [-0.25, -0.2) is 13.8 Å². The van der Waals surface area contributed by atoms with Gasteiger partial charge in [-0.1, -0.05) is 29.8 Å². The highest BCUT2D eigenvalue weighted by atomic mass is 35.5. The van der Waals surface area contributed by atoms with Crippen molar-refractivity contribution in [2.45, 2.75) is 12.0 Å². The molecule has 0 spiro atoms. The number of carbonyl (C=O) groups is 1. The average molecular weight is 482 g/mol. The molecular formula is C22H18Cl2F2N4O2. The molecule has 0 saturated carbocycles. The van der Waals surface area contributed by atoms with Crippen molar-refractivity contribution >= 4 is 45.7 Å². The largest absolute Gasteiger partial charge is 0.373 e. The molecule has 0 unspecified atom stereocenters. The van der Waals surface area contributed by atoms with Gasteiger partial charge in [-0.15, -0.1) is 0 Å². The van der Waals surface area contributed by atoms with Crippen LogP contribution >= 0.6 is 23.2 Å². The van der Waals surface area contributed by atoms with Crippen LogP contribution in [-0.4, -0.2) is 33.4 Å². The number of hydrogen-bond donors (Lipinski definition) is 1. The van der Waals surface area contributed by atoms with Crippen LogP contribution in [0.5, 0.6) is 0 Å². The van der Waals surface area contributed by atoms with E-state index in [-0.39, 0.29) is 51.7 Å². The lowest BCUT2D eigenvalue weighted by molar-refractivity contribution is -0.125. The van der Waals surface area contributed by atoms with Crippen molar-refractivity contribution in [1.29, 1.82) is 0 Å². The van der Waals surface area contributed by atoms with Crippen LogP contribution < -0.4 is 10.9 Å². The Labute approximate surface area is 196 Å². The third-order valence-corrected chi connectivity index (χ3v) is 6.28. The molecule has 2 heterocycles. The number of halogens is 4. The number of rotatable bonds is 4. The lowest BCUT2D eigenvalue weighted by atomic mass is 9.87. The van der Waals surface area contributed by atoms with E-state index in [9.17, 15) is 14.0 Å². The number of anilines is 1. The van der Waals surface area contributed by atoms with E-state index < -0.39 is 35.6 Å². The average Bonchev–Trinajstić information content (AvgIpc) is 3.20. The fourth-order valence-electron chi connectivity index (χ4n) is 4.00. The zero-order valence-corrected chi connectivity index (χ0v) is 18.0. The second-order valence-electron chi connectivity index (χ2n) is 7.41. The van der Waals surface area contributed by atoms with Gasteiger partial charge in [0, 0.05) is 35.4 Å². The SMILES string of the molecule is [2H]C([2H])([2H])n1cnc2c(F)cc(N[C@@]3(c4c(F)ccc(Cl)c4Cl)CCN(C(=O)C=C)C3)cc2c1=O. The zero-order chi connectivity index (χ0) is 25.7. The second kappa shape index (κ2) is 8.18. The molecule has 1 amide bonds. The Morgan fingerprint density at radius 1 is 1.34 bits per heavy atom. The number of aromatic nitrogens is 2. The molecule has 1 aliphatic heterocycles. The number of carbonyl (C=O) groups excluding carboxylic acids is 1. The third-order valence-electron chi connectivity index (χ3n) is 5.48.